The van der Waals surface area contributed by atoms with Gasteiger partial charge in [0.05, 0.1) is 23.0 Å². The lowest BCUT2D eigenvalue weighted by atomic mass is 10.1. The number of rotatable bonds is 4. The average molecular weight is 394 g/mol. The monoisotopic (exact) mass is 394 g/mol. The first-order valence-electron chi connectivity index (χ1n) is 8.85. The molecule has 1 unspecified atom stereocenters. The molecule has 142 valence electrons. The van der Waals surface area contributed by atoms with E-state index in [1.54, 1.807) is 35.2 Å². The van der Waals surface area contributed by atoms with E-state index in [0.29, 0.717) is 40.8 Å². The van der Waals surface area contributed by atoms with Crippen molar-refractivity contribution in [1.82, 2.24) is 29.8 Å². The van der Waals surface area contributed by atoms with Crippen LogP contribution in [0, 0.1) is 0 Å². The van der Waals surface area contributed by atoms with Crippen LogP contribution in [0.4, 0.5) is 0 Å². The summed E-state index contributed by atoms with van der Waals surface area (Å²) in [5.41, 5.74) is 1.42. The fourth-order valence-electron chi connectivity index (χ4n) is 3.27. The number of hydrogen-bond donors (Lipinski definition) is 1. The molecule has 0 aliphatic carbocycles. The highest BCUT2D eigenvalue weighted by Gasteiger charge is 2.26. The van der Waals surface area contributed by atoms with E-state index in [0.717, 1.165) is 6.42 Å². The van der Waals surface area contributed by atoms with Crippen LogP contribution in [0.5, 0.6) is 0 Å². The molecule has 3 aromatic rings. The Labute approximate surface area is 165 Å². The first-order valence-corrected chi connectivity index (χ1v) is 10.1. The maximum Gasteiger partial charge on any atom is 0.254 e. The molecule has 1 amide bonds. The number of carbonyl (C=O) groups excluding carboxylic acids is 1. The smallest absolute Gasteiger partial charge is 0.254 e. The minimum Gasteiger partial charge on any atom is -0.342 e. The van der Waals surface area contributed by atoms with Crippen molar-refractivity contribution in [1.29, 1.82) is 0 Å². The molecule has 3 aromatic heterocycles. The number of fused-ring (bicyclic) bond motifs is 1. The summed E-state index contributed by atoms with van der Waals surface area (Å²) in [6.07, 6.45) is 8.05. The number of thioether (sulfide) groups is 1. The number of nitrogens with one attached hydrogen (secondary N) is 1. The summed E-state index contributed by atoms with van der Waals surface area (Å²) in [4.78, 5) is 42.4. The van der Waals surface area contributed by atoms with Crippen molar-refractivity contribution in [2.75, 3.05) is 6.26 Å². The quantitative estimate of drug-likeness (QED) is 0.676. The Morgan fingerprint density at radius 2 is 2.14 bits per heavy atom. The van der Waals surface area contributed by atoms with Crippen molar-refractivity contribution in [2.45, 2.75) is 30.5 Å². The molecule has 0 aromatic carbocycles. The summed E-state index contributed by atoms with van der Waals surface area (Å²) < 4.78 is 1.62. The maximum atomic E-state index is 12.8. The summed E-state index contributed by atoms with van der Waals surface area (Å²) in [6.45, 7) is 0.584. The van der Waals surface area contributed by atoms with Gasteiger partial charge in [-0.05, 0) is 37.3 Å². The Morgan fingerprint density at radius 1 is 1.25 bits per heavy atom. The zero-order valence-corrected chi connectivity index (χ0v) is 16.0. The van der Waals surface area contributed by atoms with Gasteiger partial charge in [-0.3, -0.25) is 14.2 Å². The molecule has 4 heterocycles. The van der Waals surface area contributed by atoms with Crippen LogP contribution in [0.3, 0.4) is 0 Å². The number of amides is 1. The fourth-order valence-corrected chi connectivity index (χ4v) is 3.82. The predicted octanol–water partition coefficient (Wildman–Crippen LogP) is 2.08. The van der Waals surface area contributed by atoms with Crippen molar-refractivity contribution >= 4 is 17.7 Å². The van der Waals surface area contributed by atoms with E-state index >= 15 is 0 Å². The van der Waals surface area contributed by atoms with Crippen molar-refractivity contribution < 1.29 is 4.79 Å². The molecule has 4 rings (SSSR count). The van der Waals surface area contributed by atoms with Gasteiger partial charge < -0.3 is 5.32 Å². The third kappa shape index (κ3) is 3.53. The molecular formula is C19H18N6O2S. The van der Waals surface area contributed by atoms with Crippen LogP contribution >= 0.6 is 11.8 Å². The maximum absolute atomic E-state index is 12.8. The third-order valence-electron chi connectivity index (χ3n) is 4.58. The van der Waals surface area contributed by atoms with Gasteiger partial charge in [0.15, 0.2) is 0 Å². The molecule has 1 atom stereocenters. The highest BCUT2D eigenvalue weighted by atomic mass is 32.2. The standard InChI is InChI=1S/C19H18N6O2S/c1-28-19-12(4-2-7-21-19)18(27)24-14-5-3-9-25-16(26)10-15(23-17(14)25)13-6-8-20-11-22-13/h2,4,6-8,10-11,14H,3,5,9H2,1H3,(H,24,27). The van der Waals surface area contributed by atoms with Gasteiger partial charge in [0.1, 0.15) is 17.2 Å². The van der Waals surface area contributed by atoms with E-state index in [1.807, 2.05) is 6.26 Å². The lowest BCUT2D eigenvalue weighted by Crippen LogP contribution is -2.38. The van der Waals surface area contributed by atoms with Crippen LogP contribution < -0.4 is 10.9 Å². The van der Waals surface area contributed by atoms with Crippen LogP contribution in [-0.4, -0.2) is 36.7 Å². The lowest BCUT2D eigenvalue weighted by Gasteiger charge is -2.27. The molecule has 0 spiro atoms. The second-order valence-electron chi connectivity index (χ2n) is 6.31. The predicted molar refractivity (Wildman–Crippen MR) is 105 cm³/mol. The Bertz CT molecular complexity index is 1070. The number of pyridine rings is 1. The van der Waals surface area contributed by atoms with Gasteiger partial charge in [0, 0.05) is 25.0 Å². The van der Waals surface area contributed by atoms with Crippen molar-refractivity contribution in [2.24, 2.45) is 0 Å². The molecular weight excluding hydrogens is 376 g/mol. The summed E-state index contributed by atoms with van der Waals surface area (Å²) in [7, 11) is 0. The Morgan fingerprint density at radius 3 is 2.93 bits per heavy atom. The van der Waals surface area contributed by atoms with Crippen molar-refractivity contribution in [3.8, 4) is 11.4 Å². The van der Waals surface area contributed by atoms with Crippen molar-refractivity contribution in [3.05, 3.63) is 64.7 Å². The van der Waals surface area contributed by atoms with Crippen LogP contribution in [0.1, 0.15) is 35.1 Å². The Balaban J connectivity index is 1.69. The van der Waals surface area contributed by atoms with E-state index in [-0.39, 0.29) is 17.5 Å². The van der Waals surface area contributed by atoms with Gasteiger partial charge in [-0.25, -0.2) is 19.9 Å². The van der Waals surface area contributed by atoms with Gasteiger partial charge in [-0.15, -0.1) is 11.8 Å². The lowest BCUT2D eigenvalue weighted by molar-refractivity contribution is 0.0923. The number of carbonyl (C=O) groups is 1. The summed E-state index contributed by atoms with van der Waals surface area (Å²) >= 11 is 1.42. The summed E-state index contributed by atoms with van der Waals surface area (Å²) in [5.74, 6) is 0.327. The van der Waals surface area contributed by atoms with E-state index < -0.39 is 0 Å². The molecule has 0 bridgehead atoms. The van der Waals surface area contributed by atoms with Gasteiger partial charge in [-0.1, -0.05) is 0 Å². The minimum absolute atomic E-state index is 0.149. The Kier molecular flexibility index (Phi) is 5.16. The molecule has 1 aliphatic heterocycles. The number of hydrogen-bond acceptors (Lipinski definition) is 7. The fraction of sp³-hybridized carbons (Fsp3) is 0.263. The van der Waals surface area contributed by atoms with Crippen LogP contribution in [0.15, 0.2) is 52.8 Å². The molecule has 0 radical (unpaired) electrons. The summed E-state index contributed by atoms with van der Waals surface area (Å²) in [5, 5.41) is 3.69. The number of aromatic nitrogens is 5. The van der Waals surface area contributed by atoms with Crippen LogP contribution in [0.25, 0.3) is 11.4 Å². The third-order valence-corrected chi connectivity index (χ3v) is 5.29. The second kappa shape index (κ2) is 7.89. The Hall–Kier alpha value is -3.07. The van der Waals surface area contributed by atoms with Gasteiger partial charge >= 0.3 is 0 Å². The zero-order chi connectivity index (χ0) is 19.5. The molecule has 28 heavy (non-hydrogen) atoms. The van der Waals surface area contributed by atoms with Crippen LogP contribution in [-0.2, 0) is 6.54 Å². The molecule has 9 heteroatoms. The van der Waals surface area contributed by atoms with E-state index in [4.69, 9.17) is 0 Å². The van der Waals surface area contributed by atoms with E-state index in [1.165, 1.54) is 24.2 Å². The highest BCUT2D eigenvalue weighted by Crippen LogP contribution is 2.25. The molecule has 1 aliphatic rings. The van der Waals surface area contributed by atoms with Gasteiger partial charge in [0.25, 0.3) is 11.5 Å². The highest BCUT2D eigenvalue weighted by molar-refractivity contribution is 7.98. The largest absolute Gasteiger partial charge is 0.342 e. The average Bonchev–Trinajstić information content (AvgIpc) is 2.74. The summed E-state index contributed by atoms with van der Waals surface area (Å²) in [6, 6.07) is 6.30. The molecule has 0 fully saturated rings. The van der Waals surface area contributed by atoms with Crippen molar-refractivity contribution in [3.63, 3.8) is 0 Å². The SMILES string of the molecule is CSc1ncccc1C(=O)NC1CCCn2c1nc(-c1ccncn1)cc2=O. The van der Waals surface area contributed by atoms with E-state index in [2.05, 4.69) is 25.3 Å². The first-order chi connectivity index (χ1) is 13.7. The van der Waals surface area contributed by atoms with Gasteiger partial charge in [0.2, 0.25) is 0 Å². The zero-order valence-electron chi connectivity index (χ0n) is 15.2. The van der Waals surface area contributed by atoms with Crippen LogP contribution in [0.2, 0.25) is 0 Å². The second-order valence-corrected chi connectivity index (χ2v) is 7.11. The number of nitrogens with zero attached hydrogens (tertiary/aromatic N) is 5. The molecule has 0 saturated heterocycles. The molecule has 8 nitrogen and oxygen atoms in total. The minimum atomic E-state index is -0.356. The molecule has 1 N–H and O–H groups in total. The molecule has 0 saturated carbocycles. The van der Waals surface area contributed by atoms with E-state index in [9.17, 15) is 9.59 Å². The topological polar surface area (TPSA) is 103 Å². The first kappa shape index (κ1) is 18.3. The van der Waals surface area contributed by atoms with Gasteiger partial charge in [-0.2, -0.15) is 0 Å². The normalized spacial score (nSPS) is 15.7.